The maximum atomic E-state index is 12.5. The van der Waals surface area contributed by atoms with Crippen LogP contribution in [0.1, 0.15) is 56.6 Å². The fraction of sp³-hybridized carbons (Fsp3) is 0.450. The predicted octanol–water partition coefficient (Wildman–Crippen LogP) is 3.04. The third kappa shape index (κ3) is 4.13. The number of oxazole rings is 1. The molecule has 2 amide bonds. The molecule has 7 nitrogen and oxygen atoms in total. The molecule has 144 valence electrons. The molecule has 3 rings (SSSR count). The molecule has 2 heterocycles. The van der Waals surface area contributed by atoms with Crippen molar-refractivity contribution in [2.45, 2.75) is 52.6 Å². The first kappa shape index (κ1) is 18.9. The maximum Gasteiger partial charge on any atom is 0.273 e. The highest BCUT2D eigenvalue weighted by molar-refractivity contribution is 5.98. The van der Waals surface area contributed by atoms with E-state index in [9.17, 15) is 9.59 Å². The number of carbonyl (C=O) groups excluding carboxylic acids is 2. The van der Waals surface area contributed by atoms with Crippen LogP contribution in [-0.4, -0.2) is 29.4 Å². The summed E-state index contributed by atoms with van der Waals surface area (Å²) in [6, 6.07) is 5.85. The van der Waals surface area contributed by atoms with Crippen molar-refractivity contribution in [2.24, 2.45) is 0 Å². The van der Waals surface area contributed by atoms with Gasteiger partial charge in [-0.15, -0.1) is 0 Å². The quantitative estimate of drug-likeness (QED) is 0.893. The second kappa shape index (κ2) is 7.06. The Morgan fingerprint density at radius 3 is 2.74 bits per heavy atom. The molecule has 0 saturated carbocycles. The second-order valence-corrected chi connectivity index (χ2v) is 7.96. The Hall–Kier alpha value is -2.83. The van der Waals surface area contributed by atoms with Gasteiger partial charge >= 0.3 is 0 Å². The van der Waals surface area contributed by atoms with Crippen molar-refractivity contribution in [1.82, 2.24) is 10.3 Å². The van der Waals surface area contributed by atoms with Crippen LogP contribution in [0.3, 0.4) is 0 Å². The summed E-state index contributed by atoms with van der Waals surface area (Å²) in [5, 5.41) is 2.76. The molecule has 1 aromatic carbocycles. The van der Waals surface area contributed by atoms with Crippen LogP contribution >= 0.6 is 0 Å². The van der Waals surface area contributed by atoms with Gasteiger partial charge in [-0.05, 0) is 37.0 Å². The Morgan fingerprint density at radius 2 is 2.07 bits per heavy atom. The molecule has 0 bridgehead atoms. The van der Waals surface area contributed by atoms with Gasteiger partial charge in [0.2, 0.25) is 5.89 Å². The summed E-state index contributed by atoms with van der Waals surface area (Å²) in [5.74, 6) is 0.460. The third-order valence-electron chi connectivity index (χ3n) is 4.27. The van der Waals surface area contributed by atoms with E-state index in [1.54, 1.807) is 4.90 Å². The molecule has 0 unspecified atom stereocenters. The highest BCUT2D eigenvalue weighted by atomic mass is 16.5. The van der Waals surface area contributed by atoms with E-state index in [0.29, 0.717) is 17.3 Å². The predicted molar refractivity (Wildman–Crippen MR) is 101 cm³/mol. The van der Waals surface area contributed by atoms with Gasteiger partial charge in [0.05, 0.1) is 5.69 Å². The number of hydrogen-bond acceptors (Lipinski definition) is 5. The van der Waals surface area contributed by atoms with Gasteiger partial charge in [-0.2, -0.15) is 0 Å². The van der Waals surface area contributed by atoms with Gasteiger partial charge in [0.15, 0.2) is 12.3 Å². The molecule has 0 fully saturated rings. The van der Waals surface area contributed by atoms with Crippen molar-refractivity contribution in [3.8, 4) is 5.75 Å². The Morgan fingerprint density at radius 1 is 1.33 bits per heavy atom. The molecule has 0 atom stereocenters. The molecule has 0 aliphatic carbocycles. The number of amides is 2. The van der Waals surface area contributed by atoms with E-state index in [0.717, 1.165) is 5.56 Å². The maximum absolute atomic E-state index is 12.5. The fourth-order valence-corrected chi connectivity index (χ4v) is 2.80. The van der Waals surface area contributed by atoms with Crippen LogP contribution < -0.4 is 15.0 Å². The van der Waals surface area contributed by atoms with Gasteiger partial charge in [-0.25, -0.2) is 4.98 Å². The van der Waals surface area contributed by atoms with E-state index < -0.39 is 0 Å². The van der Waals surface area contributed by atoms with Gasteiger partial charge in [0, 0.05) is 6.04 Å². The summed E-state index contributed by atoms with van der Waals surface area (Å²) >= 11 is 0. The molecule has 1 N–H and O–H groups in total. The molecule has 7 heteroatoms. The highest BCUT2D eigenvalue weighted by Gasteiger charge is 2.29. The molecule has 27 heavy (non-hydrogen) atoms. The summed E-state index contributed by atoms with van der Waals surface area (Å²) in [7, 11) is 0. The largest absolute Gasteiger partial charge is 0.482 e. The number of aromatic nitrogens is 1. The zero-order valence-electron chi connectivity index (χ0n) is 16.3. The summed E-state index contributed by atoms with van der Waals surface area (Å²) in [6.45, 7) is 10.2. The molecule has 1 aliphatic rings. The minimum Gasteiger partial charge on any atom is -0.482 e. The molecule has 1 aliphatic heterocycles. The normalized spacial score (nSPS) is 14.1. The standard InChI is InChI=1S/C20H25N3O4/c1-12(2)21-19(25)14-10-27-17(22-14)9-23-15-8-13(20(3,4)5)6-7-16(15)26-11-18(23)24/h6-8,10,12H,9,11H2,1-5H3,(H,21,25). The second-order valence-electron chi connectivity index (χ2n) is 7.96. The average Bonchev–Trinajstić information content (AvgIpc) is 3.04. The van der Waals surface area contributed by atoms with Gasteiger partial charge < -0.3 is 14.5 Å². The molecule has 0 radical (unpaired) electrons. The zero-order chi connectivity index (χ0) is 19.8. The Bertz CT molecular complexity index is 864. The number of nitrogens with one attached hydrogen (secondary N) is 1. The van der Waals surface area contributed by atoms with Crippen LogP contribution in [-0.2, 0) is 16.8 Å². The molecule has 0 spiro atoms. The lowest BCUT2D eigenvalue weighted by Gasteiger charge is -2.30. The summed E-state index contributed by atoms with van der Waals surface area (Å²) in [4.78, 5) is 30.3. The number of ether oxygens (including phenoxy) is 1. The van der Waals surface area contributed by atoms with Crippen LogP contribution in [0.5, 0.6) is 5.75 Å². The van der Waals surface area contributed by atoms with Crippen LogP contribution in [0.15, 0.2) is 28.9 Å². The van der Waals surface area contributed by atoms with Crippen molar-refractivity contribution in [3.05, 3.63) is 41.6 Å². The van der Waals surface area contributed by atoms with Crippen LogP contribution in [0, 0.1) is 0 Å². The monoisotopic (exact) mass is 371 g/mol. The van der Waals surface area contributed by atoms with Gasteiger partial charge in [0.25, 0.3) is 11.8 Å². The Kier molecular flexibility index (Phi) is 4.95. The number of carbonyl (C=O) groups is 2. The van der Waals surface area contributed by atoms with Crippen molar-refractivity contribution in [3.63, 3.8) is 0 Å². The number of fused-ring (bicyclic) bond motifs is 1. The Labute approximate surface area is 158 Å². The first-order valence-electron chi connectivity index (χ1n) is 8.98. The lowest BCUT2D eigenvalue weighted by atomic mass is 9.86. The molecular weight excluding hydrogens is 346 g/mol. The van der Waals surface area contributed by atoms with Gasteiger partial charge in [-0.3, -0.25) is 14.5 Å². The minimum absolute atomic E-state index is 0.00108. The number of benzene rings is 1. The number of hydrogen-bond donors (Lipinski definition) is 1. The van der Waals surface area contributed by atoms with E-state index >= 15 is 0 Å². The average molecular weight is 371 g/mol. The summed E-state index contributed by atoms with van der Waals surface area (Å²) in [5.41, 5.74) is 1.91. The van der Waals surface area contributed by atoms with E-state index in [1.165, 1.54) is 6.26 Å². The lowest BCUT2D eigenvalue weighted by Crippen LogP contribution is -2.38. The topological polar surface area (TPSA) is 84.7 Å². The van der Waals surface area contributed by atoms with E-state index in [1.807, 2.05) is 32.0 Å². The number of anilines is 1. The van der Waals surface area contributed by atoms with Gasteiger partial charge in [-0.1, -0.05) is 26.8 Å². The SMILES string of the molecule is CC(C)NC(=O)c1coc(CN2C(=O)COc3ccc(C(C)(C)C)cc32)n1. The number of rotatable bonds is 4. The summed E-state index contributed by atoms with van der Waals surface area (Å²) < 4.78 is 11.0. The third-order valence-corrected chi connectivity index (χ3v) is 4.27. The van der Waals surface area contributed by atoms with Crippen molar-refractivity contribution in [1.29, 1.82) is 0 Å². The van der Waals surface area contributed by atoms with Crippen LogP contribution in [0.4, 0.5) is 5.69 Å². The van der Waals surface area contributed by atoms with Crippen molar-refractivity contribution in [2.75, 3.05) is 11.5 Å². The molecule has 0 saturated heterocycles. The van der Waals surface area contributed by atoms with E-state index in [4.69, 9.17) is 9.15 Å². The van der Waals surface area contributed by atoms with E-state index in [2.05, 4.69) is 31.1 Å². The fourth-order valence-electron chi connectivity index (χ4n) is 2.80. The smallest absolute Gasteiger partial charge is 0.273 e. The van der Waals surface area contributed by atoms with Crippen LogP contribution in [0.2, 0.25) is 0 Å². The Balaban J connectivity index is 1.87. The van der Waals surface area contributed by atoms with Gasteiger partial charge in [0.1, 0.15) is 18.6 Å². The number of nitrogens with zero attached hydrogens (tertiary/aromatic N) is 2. The minimum atomic E-state index is -0.302. The van der Waals surface area contributed by atoms with Crippen molar-refractivity contribution < 1.29 is 18.7 Å². The summed E-state index contributed by atoms with van der Waals surface area (Å²) in [6.07, 6.45) is 1.31. The lowest BCUT2D eigenvalue weighted by molar-refractivity contribution is -0.121. The first-order chi connectivity index (χ1) is 12.6. The highest BCUT2D eigenvalue weighted by Crippen LogP contribution is 2.37. The zero-order valence-corrected chi connectivity index (χ0v) is 16.3. The van der Waals surface area contributed by atoms with Crippen molar-refractivity contribution >= 4 is 17.5 Å². The van der Waals surface area contributed by atoms with E-state index in [-0.39, 0.29) is 42.1 Å². The molecule has 1 aromatic heterocycles. The molecule has 2 aromatic rings. The molecular formula is C20H25N3O4. The first-order valence-corrected chi connectivity index (χ1v) is 8.98. The van der Waals surface area contributed by atoms with Crippen LogP contribution in [0.25, 0.3) is 0 Å².